The minimum Gasteiger partial charge on any atom is -0.501 e. The highest BCUT2D eigenvalue weighted by Crippen LogP contribution is 2.11. The van der Waals surface area contributed by atoms with Gasteiger partial charge in [-0.25, -0.2) is 4.98 Å². The summed E-state index contributed by atoms with van der Waals surface area (Å²) in [6, 6.07) is 0.403. The van der Waals surface area contributed by atoms with Gasteiger partial charge in [0.05, 0.1) is 25.7 Å². The molecule has 15 heavy (non-hydrogen) atoms. The van der Waals surface area contributed by atoms with Crippen molar-refractivity contribution in [2.75, 3.05) is 13.7 Å². The molecule has 0 radical (unpaired) electrons. The third kappa shape index (κ3) is 3.23. The number of hydrogen-bond donors (Lipinski definition) is 0. The number of methoxy groups -OCH3 is 1. The van der Waals surface area contributed by atoms with E-state index in [1.54, 1.807) is 19.6 Å². The maximum atomic E-state index is 5.13. The van der Waals surface area contributed by atoms with E-state index >= 15 is 0 Å². The van der Waals surface area contributed by atoms with Crippen LogP contribution in [0.3, 0.4) is 0 Å². The molecule has 0 bridgehead atoms. The molecule has 4 nitrogen and oxygen atoms in total. The van der Waals surface area contributed by atoms with Crippen LogP contribution in [0.2, 0.25) is 0 Å². The van der Waals surface area contributed by atoms with Crippen LogP contribution >= 0.6 is 0 Å². The zero-order valence-corrected chi connectivity index (χ0v) is 9.36. The third-order valence-corrected chi connectivity index (χ3v) is 1.91. The Morgan fingerprint density at radius 2 is 2.20 bits per heavy atom. The Morgan fingerprint density at radius 1 is 1.40 bits per heavy atom. The largest absolute Gasteiger partial charge is 0.501 e. The minimum atomic E-state index is 0.403. The predicted molar refractivity (Wildman–Crippen MR) is 58.6 cm³/mol. The highest BCUT2D eigenvalue weighted by molar-refractivity contribution is 5.49. The molecule has 1 heterocycles. The summed E-state index contributed by atoms with van der Waals surface area (Å²) in [6.45, 7) is 4.64. The Hall–Kier alpha value is -1.58. The average Bonchev–Trinajstić information content (AvgIpc) is 2.29. The molecular weight excluding hydrogens is 192 g/mol. The van der Waals surface area contributed by atoms with Crippen molar-refractivity contribution in [1.82, 2.24) is 9.97 Å². The molecule has 82 valence electrons. The van der Waals surface area contributed by atoms with Crippen molar-refractivity contribution in [3.05, 3.63) is 23.7 Å². The molecule has 0 unspecified atom stereocenters. The Morgan fingerprint density at radius 3 is 2.80 bits per heavy atom. The van der Waals surface area contributed by atoms with Gasteiger partial charge in [-0.05, 0) is 19.4 Å². The molecule has 1 aromatic rings. The first-order valence-electron chi connectivity index (χ1n) is 4.99. The van der Waals surface area contributed by atoms with Crippen LogP contribution in [0.25, 0.3) is 6.08 Å². The van der Waals surface area contributed by atoms with Crippen LogP contribution in [-0.4, -0.2) is 23.7 Å². The normalized spacial score (nSPS) is 10.6. The molecule has 0 atom stereocenters. The van der Waals surface area contributed by atoms with Crippen LogP contribution in [0, 0.1) is 0 Å². The van der Waals surface area contributed by atoms with Gasteiger partial charge in [0.2, 0.25) is 0 Å². The molecule has 0 saturated heterocycles. The molecule has 4 heteroatoms. The van der Waals surface area contributed by atoms with E-state index in [2.05, 4.69) is 9.97 Å². The van der Waals surface area contributed by atoms with Crippen LogP contribution in [0.5, 0.6) is 6.01 Å². The van der Waals surface area contributed by atoms with E-state index in [4.69, 9.17) is 9.47 Å². The zero-order valence-electron chi connectivity index (χ0n) is 9.36. The van der Waals surface area contributed by atoms with Gasteiger partial charge >= 0.3 is 6.01 Å². The standard InChI is InChI=1S/C11H16N2O2/c1-4-10-9(6-7-15-5-2)8-12-11(13-10)14-3/h6-8H,4-5H2,1-3H3/b7-6+. The van der Waals surface area contributed by atoms with Crippen molar-refractivity contribution in [2.45, 2.75) is 20.3 Å². The fraction of sp³-hybridized carbons (Fsp3) is 0.455. The van der Waals surface area contributed by atoms with Gasteiger partial charge in [0, 0.05) is 11.8 Å². The first-order valence-corrected chi connectivity index (χ1v) is 4.99. The van der Waals surface area contributed by atoms with Crippen LogP contribution in [0.15, 0.2) is 12.5 Å². The first kappa shape index (κ1) is 11.5. The van der Waals surface area contributed by atoms with Gasteiger partial charge in [-0.1, -0.05) is 6.92 Å². The monoisotopic (exact) mass is 208 g/mol. The van der Waals surface area contributed by atoms with E-state index in [-0.39, 0.29) is 0 Å². The molecule has 0 spiro atoms. The topological polar surface area (TPSA) is 44.2 Å². The molecule has 0 aliphatic carbocycles. The molecule has 1 aromatic heterocycles. The highest BCUT2D eigenvalue weighted by Gasteiger charge is 2.02. The van der Waals surface area contributed by atoms with Gasteiger partial charge in [0.15, 0.2) is 0 Å². The SMILES string of the molecule is CCO/C=C/c1cnc(OC)nc1CC. The fourth-order valence-corrected chi connectivity index (χ4v) is 1.15. The molecule has 0 saturated carbocycles. The first-order chi connectivity index (χ1) is 7.31. The number of rotatable bonds is 5. The summed E-state index contributed by atoms with van der Waals surface area (Å²) in [6.07, 6.45) is 6.09. The summed E-state index contributed by atoms with van der Waals surface area (Å²) < 4.78 is 10.1. The number of hydrogen-bond acceptors (Lipinski definition) is 4. The highest BCUT2D eigenvalue weighted by atomic mass is 16.5. The maximum absolute atomic E-state index is 5.13. The van der Waals surface area contributed by atoms with Crippen LogP contribution < -0.4 is 4.74 Å². The second-order valence-corrected chi connectivity index (χ2v) is 2.87. The summed E-state index contributed by atoms with van der Waals surface area (Å²) in [5.41, 5.74) is 1.92. The molecule has 0 fully saturated rings. The third-order valence-electron chi connectivity index (χ3n) is 1.91. The molecule has 1 rings (SSSR count). The fourth-order valence-electron chi connectivity index (χ4n) is 1.15. The van der Waals surface area contributed by atoms with Crippen molar-refractivity contribution in [3.8, 4) is 6.01 Å². The van der Waals surface area contributed by atoms with Crippen molar-refractivity contribution in [2.24, 2.45) is 0 Å². The van der Waals surface area contributed by atoms with Crippen molar-refractivity contribution >= 4 is 6.08 Å². The van der Waals surface area contributed by atoms with Crippen molar-refractivity contribution in [1.29, 1.82) is 0 Å². The van der Waals surface area contributed by atoms with E-state index < -0.39 is 0 Å². The van der Waals surface area contributed by atoms with Crippen molar-refractivity contribution in [3.63, 3.8) is 0 Å². The van der Waals surface area contributed by atoms with Gasteiger partial charge in [-0.15, -0.1) is 0 Å². The second kappa shape index (κ2) is 6.01. The number of ether oxygens (including phenoxy) is 2. The quantitative estimate of drug-likeness (QED) is 0.695. The Bertz CT molecular complexity index is 337. The van der Waals surface area contributed by atoms with E-state index in [1.807, 2.05) is 19.9 Å². The lowest BCUT2D eigenvalue weighted by molar-refractivity contribution is 0.272. The van der Waals surface area contributed by atoms with Crippen LogP contribution in [0.1, 0.15) is 25.1 Å². The second-order valence-electron chi connectivity index (χ2n) is 2.87. The summed E-state index contributed by atoms with van der Waals surface area (Å²) >= 11 is 0. The summed E-state index contributed by atoms with van der Waals surface area (Å²) in [7, 11) is 1.56. The predicted octanol–water partition coefficient (Wildman–Crippen LogP) is 2.05. The maximum Gasteiger partial charge on any atom is 0.316 e. The van der Waals surface area contributed by atoms with Gasteiger partial charge in [-0.3, -0.25) is 0 Å². The smallest absolute Gasteiger partial charge is 0.316 e. The lowest BCUT2D eigenvalue weighted by atomic mass is 10.2. The molecule has 0 amide bonds. The molecule has 0 aliphatic rings. The van der Waals surface area contributed by atoms with Crippen LogP contribution in [0.4, 0.5) is 0 Å². The molecule has 0 aliphatic heterocycles. The summed E-state index contributed by atoms with van der Waals surface area (Å²) in [4.78, 5) is 8.29. The number of aryl methyl sites for hydroxylation is 1. The lowest BCUT2D eigenvalue weighted by Crippen LogP contribution is -1.98. The van der Waals surface area contributed by atoms with E-state index in [0.717, 1.165) is 17.7 Å². The summed E-state index contributed by atoms with van der Waals surface area (Å²) in [5.74, 6) is 0. The Balaban J connectivity index is 2.87. The van der Waals surface area contributed by atoms with Gasteiger partial charge in [0.1, 0.15) is 0 Å². The van der Waals surface area contributed by atoms with Gasteiger partial charge in [0.25, 0.3) is 0 Å². The van der Waals surface area contributed by atoms with Crippen LogP contribution in [-0.2, 0) is 11.2 Å². The molecule has 0 aromatic carbocycles. The Labute approximate surface area is 90.0 Å². The number of aromatic nitrogens is 2. The van der Waals surface area contributed by atoms with Crippen molar-refractivity contribution < 1.29 is 9.47 Å². The van der Waals surface area contributed by atoms with E-state index in [0.29, 0.717) is 12.6 Å². The van der Waals surface area contributed by atoms with Gasteiger partial charge in [-0.2, -0.15) is 4.98 Å². The zero-order chi connectivity index (χ0) is 11.1. The molecule has 0 N–H and O–H groups in total. The van der Waals surface area contributed by atoms with E-state index in [1.165, 1.54) is 0 Å². The molecular formula is C11H16N2O2. The summed E-state index contributed by atoms with van der Waals surface area (Å²) in [5, 5.41) is 0. The Kier molecular flexibility index (Phi) is 4.60. The van der Waals surface area contributed by atoms with Gasteiger partial charge < -0.3 is 9.47 Å². The minimum absolute atomic E-state index is 0.403. The number of nitrogens with zero attached hydrogens (tertiary/aromatic N) is 2. The van der Waals surface area contributed by atoms with E-state index in [9.17, 15) is 0 Å². The average molecular weight is 208 g/mol. The lowest BCUT2D eigenvalue weighted by Gasteiger charge is -2.04.